The van der Waals surface area contributed by atoms with Gasteiger partial charge in [-0.1, -0.05) is 0 Å². The quantitative estimate of drug-likeness (QED) is 0.724. The zero-order chi connectivity index (χ0) is 9.42. The van der Waals surface area contributed by atoms with Crippen molar-refractivity contribution >= 4 is 0 Å². The molecule has 0 fully saturated rings. The van der Waals surface area contributed by atoms with Crippen LogP contribution in [0.5, 0.6) is 0 Å². The third-order valence-electron chi connectivity index (χ3n) is 1.91. The molecule has 4 nitrogen and oxygen atoms in total. The molecule has 4 heteroatoms. The molecule has 0 aliphatic heterocycles. The predicted octanol–water partition coefficient (Wildman–Crippen LogP) is 1.99. The largest absolute Gasteiger partial charge is 0.421 e. The second-order valence-corrected chi connectivity index (χ2v) is 3.12. The van der Waals surface area contributed by atoms with E-state index in [1.54, 1.807) is 6.92 Å². The molecule has 68 valence electrons. The Labute approximate surface area is 76.0 Å². The van der Waals surface area contributed by atoms with Gasteiger partial charge in [0.25, 0.3) is 0 Å². The minimum atomic E-state index is 0.583. The predicted molar refractivity (Wildman–Crippen MR) is 48.3 cm³/mol. The molecule has 0 saturated carbocycles. The maximum absolute atomic E-state index is 5.32. The van der Waals surface area contributed by atoms with E-state index in [4.69, 9.17) is 4.42 Å². The van der Waals surface area contributed by atoms with E-state index in [9.17, 15) is 0 Å². The molecule has 0 spiro atoms. The number of nitrogens with one attached hydrogen (secondary N) is 1. The number of aromatic amines is 1. The summed E-state index contributed by atoms with van der Waals surface area (Å²) < 4.78 is 5.32. The van der Waals surface area contributed by atoms with Gasteiger partial charge in [0.15, 0.2) is 0 Å². The second-order valence-electron chi connectivity index (χ2n) is 3.12. The molecule has 0 unspecified atom stereocenters. The van der Waals surface area contributed by atoms with Gasteiger partial charge in [0.05, 0.1) is 5.56 Å². The molecule has 0 saturated heterocycles. The van der Waals surface area contributed by atoms with Gasteiger partial charge in [-0.3, -0.25) is 0 Å². The molecular weight excluding hydrogens is 166 g/mol. The number of aromatic nitrogens is 3. The minimum Gasteiger partial charge on any atom is -0.421 e. The van der Waals surface area contributed by atoms with E-state index < -0.39 is 0 Å². The summed E-state index contributed by atoms with van der Waals surface area (Å²) in [5, 5.41) is 7.74. The highest BCUT2D eigenvalue weighted by Crippen LogP contribution is 2.22. The Morgan fingerprint density at radius 3 is 2.46 bits per heavy atom. The lowest BCUT2D eigenvalue weighted by Gasteiger charge is -1.89. The van der Waals surface area contributed by atoms with Crippen LogP contribution in [0.2, 0.25) is 0 Å². The lowest BCUT2D eigenvalue weighted by molar-refractivity contribution is 0.532. The van der Waals surface area contributed by atoms with Gasteiger partial charge in [-0.05, 0) is 19.9 Å². The van der Waals surface area contributed by atoms with Gasteiger partial charge in [0.1, 0.15) is 0 Å². The van der Waals surface area contributed by atoms with Crippen molar-refractivity contribution in [3.05, 3.63) is 23.3 Å². The molecule has 0 radical (unpaired) electrons. The lowest BCUT2D eigenvalue weighted by atomic mass is 10.2. The van der Waals surface area contributed by atoms with Gasteiger partial charge >= 0.3 is 0 Å². The van der Waals surface area contributed by atoms with Gasteiger partial charge in [-0.25, -0.2) is 0 Å². The first kappa shape index (κ1) is 8.04. The fourth-order valence-corrected chi connectivity index (χ4v) is 1.35. The zero-order valence-electron chi connectivity index (χ0n) is 7.88. The van der Waals surface area contributed by atoms with Crippen LogP contribution in [0.25, 0.3) is 11.5 Å². The Morgan fingerprint density at radius 2 is 2.00 bits per heavy atom. The zero-order valence-corrected chi connectivity index (χ0v) is 7.88. The van der Waals surface area contributed by atoms with Crippen LogP contribution in [0, 0.1) is 20.8 Å². The molecular formula is C9H11N3O. The Balaban J connectivity index is 2.51. The van der Waals surface area contributed by atoms with Gasteiger partial charge in [-0.2, -0.15) is 0 Å². The monoisotopic (exact) mass is 177 g/mol. The van der Waals surface area contributed by atoms with E-state index in [-0.39, 0.29) is 0 Å². The number of nitrogens with zero attached hydrogens (tertiary/aromatic N) is 2. The Bertz CT molecular complexity index is 428. The van der Waals surface area contributed by atoms with Crippen molar-refractivity contribution in [2.45, 2.75) is 20.8 Å². The van der Waals surface area contributed by atoms with Gasteiger partial charge < -0.3 is 9.40 Å². The molecule has 0 atom stereocenters. The van der Waals surface area contributed by atoms with Crippen LogP contribution in [0.4, 0.5) is 0 Å². The van der Waals surface area contributed by atoms with E-state index in [2.05, 4.69) is 15.2 Å². The van der Waals surface area contributed by atoms with Crippen molar-refractivity contribution in [3.8, 4) is 11.5 Å². The first-order valence-corrected chi connectivity index (χ1v) is 4.13. The van der Waals surface area contributed by atoms with Crippen LogP contribution in [0.1, 0.15) is 17.3 Å². The second kappa shape index (κ2) is 2.73. The third-order valence-corrected chi connectivity index (χ3v) is 1.91. The lowest BCUT2D eigenvalue weighted by Crippen LogP contribution is -1.78. The van der Waals surface area contributed by atoms with Crippen molar-refractivity contribution < 1.29 is 4.42 Å². The molecule has 0 aromatic carbocycles. The summed E-state index contributed by atoms with van der Waals surface area (Å²) in [6.45, 7) is 5.77. The summed E-state index contributed by atoms with van der Waals surface area (Å²) in [4.78, 5) is 3.19. The summed E-state index contributed by atoms with van der Waals surface area (Å²) >= 11 is 0. The summed E-state index contributed by atoms with van der Waals surface area (Å²) in [7, 11) is 0. The Kier molecular flexibility index (Phi) is 1.69. The first-order chi connectivity index (χ1) is 6.16. The summed E-state index contributed by atoms with van der Waals surface area (Å²) in [6.07, 6.45) is 0. The average molecular weight is 177 g/mol. The molecule has 1 N–H and O–H groups in total. The fourth-order valence-electron chi connectivity index (χ4n) is 1.35. The van der Waals surface area contributed by atoms with Crippen molar-refractivity contribution in [3.63, 3.8) is 0 Å². The molecule has 0 aliphatic carbocycles. The maximum atomic E-state index is 5.32. The van der Waals surface area contributed by atoms with Crippen molar-refractivity contribution in [1.29, 1.82) is 0 Å². The third kappa shape index (κ3) is 1.35. The van der Waals surface area contributed by atoms with E-state index in [1.165, 1.54) is 0 Å². The van der Waals surface area contributed by atoms with Crippen LogP contribution in [-0.4, -0.2) is 15.2 Å². The standard InChI is InChI=1S/C9H11N3O/c1-5-4-8(6(2)10-5)9-12-11-7(3)13-9/h4,10H,1-3H3. The van der Waals surface area contributed by atoms with Gasteiger partial charge in [0.2, 0.25) is 11.8 Å². The van der Waals surface area contributed by atoms with Crippen molar-refractivity contribution in [1.82, 2.24) is 15.2 Å². The molecule has 2 heterocycles. The number of rotatable bonds is 1. The highest BCUT2D eigenvalue weighted by molar-refractivity contribution is 5.57. The number of hydrogen-bond donors (Lipinski definition) is 1. The SMILES string of the molecule is Cc1cc(-c2nnc(C)o2)c(C)[nH]1. The van der Waals surface area contributed by atoms with Crippen LogP contribution in [0.3, 0.4) is 0 Å². The Morgan fingerprint density at radius 1 is 1.23 bits per heavy atom. The van der Waals surface area contributed by atoms with Crippen molar-refractivity contribution in [2.75, 3.05) is 0 Å². The smallest absolute Gasteiger partial charge is 0.249 e. The van der Waals surface area contributed by atoms with Crippen molar-refractivity contribution in [2.24, 2.45) is 0 Å². The molecule has 2 aromatic heterocycles. The van der Waals surface area contributed by atoms with Crippen LogP contribution < -0.4 is 0 Å². The molecule has 0 aliphatic rings. The van der Waals surface area contributed by atoms with E-state index in [1.807, 2.05) is 19.9 Å². The highest BCUT2D eigenvalue weighted by atomic mass is 16.4. The topological polar surface area (TPSA) is 54.7 Å². The van der Waals surface area contributed by atoms with Gasteiger partial charge in [0, 0.05) is 18.3 Å². The maximum Gasteiger partial charge on any atom is 0.249 e. The van der Waals surface area contributed by atoms with E-state index in [0.29, 0.717) is 11.8 Å². The molecule has 13 heavy (non-hydrogen) atoms. The summed E-state index contributed by atoms with van der Waals surface area (Å²) in [5.74, 6) is 1.17. The number of H-pyrrole nitrogens is 1. The summed E-state index contributed by atoms with van der Waals surface area (Å²) in [5.41, 5.74) is 3.14. The van der Waals surface area contributed by atoms with E-state index >= 15 is 0 Å². The number of aryl methyl sites for hydroxylation is 3. The Hall–Kier alpha value is -1.58. The normalized spacial score (nSPS) is 10.7. The van der Waals surface area contributed by atoms with Crippen LogP contribution in [-0.2, 0) is 0 Å². The fraction of sp³-hybridized carbons (Fsp3) is 0.333. The van der Waals surface area contributed by atoms with Crippen LogP contribution >= 0.6 is 0 Å². The highest BCUT2D eigenvalue weighted by Gasteiger charge is 2.10. The summed E-state index contributed by atoms with van der Waals surface area (Å²) in [6, 6.07) is 2.00. The molecule has 0 amide bonds. The minimum absolute atomic E-state index is 0.583. The number of hydrogen-bond acceptors (Lipinski definition) is 3. The molecule has 2 rings (SSSR count). The first-order valence-electron chi connectivity index (χ1n) is 4.13. The average Bonchev–Trinajstić information content (AvgIpc) is 2.58. The van der Waals surface area contributed by atoms with E-state index in [0.717, 1.165) is 17.0 Å². The molecule has 0 bridgehead atoms. The van der Waals surface area contributed by atoms with Crippen LogP contribution in [0.15, 0.2) is 10.5 Å². The molecule has 2 aromatic rings. The van der Waals surface area contributed by atoms with Gasteiger partial charge in [-0.15, -0.1) is 10.2 Å².